The van der Waals surface area contributed by atoms with Crippen LogP contribution in [0.4, 0.5) is 0 Å². The van der Waals surface area contributed by atoms with Crippen LogP contribution < -0.4 is 14.8 Å². The van der Waals surface area contributed by atoms with Crippen molar-refractivity contribution < 1.29 is 28.2 Å². The lowest BCUT2D eigenvalue weighted by Gasteiger charge is -2.13. The van der Waals surface area contributed by atoms with Gasteiger partial charge < -0.3 is 23.9 Å². The van der Waals surface area contributed by atoms with Crippen LogP contribution in [0.15, 0.2) is 39.4 Å². The Kier molecular flexibility index (Phi) is 4.75. The molecule has 1 N–H and O–H groups in total. The lowest BCUT2D eigenvalue weighted by atomic mass is 10.2. The third-order valence-electron chi connectivity index (χ3n) is 3.33. The van der Waals surface area contributed by atoms with Gasteiger partial charge in [-0.25, -0.2) is 4.79 Å². The average molecular weight is 396 g/mol. The fourth-order valence-electron chi connectivity index (χ4n) is 2.08. The molecule has 0 bridgehead atoms. The third kappa shape index (κ3) is 3.70. The normalized spacial score (nSPS) is 13.4. The van der Waals surface area contributed by atoms with Gasteiger partial charge in [-0.05, 0) is 52.7 Å². The number of carbonyl (C=O) groups is 2. The van der Waals surface area contributed by atoms with Crippen LogP contribution in [0, 0.1) is 0 Å². The zero-order chi connectivity index (χ0) is 17.1. The summed E-state index contributed by atoms with van der Waals surface area (Å²) in [7, 11) is 0. The number of hydrogen-bond acceptors (Lipinski definition) is 6. The summed E-state index contributed by atoms with van der Waals surface area (Å²) < 4.78 is 21.1. The van der Waals surface area contributed by atoms with Crippen LogP contribution in [0.1, 0.15) is 23.0 Å². The topological polar surface area (TPSA) is 87.0 Å². The molecule has 1 aliphatic heterocycles. The largest absolute Gasteiger partial charge is 0.454 e. The molecule has 1 atom stereocenters. The van der Waals surface area contributed by atoms with E-state index in [2.05, 4.69) is 21.2 Å². The van der Waals surface area contributed by atoms with Crippen molar-refractivity contribution >= 4 is 27.8 Å². The molecule has 0 saturated carbocycles. The molecule has 3 rings (SSSR count). The summed E-state index contributed by atoms with van der Waals surface area (Å²) >= 11 is 3.09. The molecule has 1 aromatic heterocycles. The first-order valence-electron chi connectivity index (χ1n) is 7.15. The second kappa shape index (κ2) is 6.96. The van der Waals surface area contributed by atoms with Crippen LogP contribution in [0.3, 0.4) is 0 Å². The number of nitrogens with one attached hydrogen (secondary N) is 1. The number of furan rings is 1. The lowest BCUT2D eigenvalue weighted by Crippen LogP contribution is -2.35. The fourth-order valence-corrected chi connectivity index (χ4v) is 2.39. The molecule has 0 spiro atoms. The number of benzene rings is 1. The van der Waals surface area contributed by atoms with E-state index in [1.807, 2.05) is 6.07 Å². The number of rotatable bonds is 5. The van der Waals surface area contributed by atoms with E-state index in [-0.39, 0.29) is 19.1 Å². The molecule has 1 aromatic carbocycles. The Morgan fingerprint density at radius 3 is 2.79 bits per heavy atom. The van der Waals surface area contributed by atoms with E-state index in [0.717, 1.165) is 5.56 Å². The van der Waals surface area contributed by atoms with Crippen molar-refractivity contribution in [3.63, 3.8) is 0 Å². The summed E-state index contributed by atoms with van der Waals surface area (Å²) in [5.41, 5.74) is 0.848. The first-order valence-corrected chi connectivity index (χ1v) is 7.95. The molecule has 0 fully saturated rings. The Labute approximate surface area is 146 Å². The molecule has 0 unspecified atom stereocenters. The lowest BCUT2D eigenvalue weighted by molar-refractivity contribution is -0.129. The van der Waals surface area contributed by atoms with Gasteiger partial charge in [0.15, 0.2) is 22.3 Å². The van der Waals surface area contributed by atoms with Crippen LogP contribution >= 0.6 is 15.9 Å². The molecular weight excluding hydrogens is 382 g/mol. The molecule has 8 heteroatoms. The maximum atomic E-state index is 12.0. The number of halogens is 1. The molecule has 0 radical (unpaired) electrons. The number of esters is 1. The highest BCUT2D eigenvalue weighted by molar-refractivity contribution is 9.10. The van der Waals surface area contributed by atoms with Crippen LogP contribution in [0.5, 0.6) is 11.5 Å². The van der Waals surface area contributed by atoms with Gasteiger partial charge in [0.1, 0.15) is 0 Å². The van der Waals surface area contributed by atoms with Gasteiger partial charge in [0, 0.05) is 6.54 Å². The van der Waals surface area contributed by atoms with Crippen molar-refractivity contribution in [3.05, 3.63) is 46.3 Å². The van der Waals surface area contributed by atoms with Crippen LogP contribution in [-0.2, 0) is 16.1 Å². The van der Waals surface area contributed by atoms with Crippen molar-refractivity contribution in [1.29, 1.82) is 0 Å². The maximum Gasteiger partial charge on any atom is 0.375 e. The van der Waals surface area contributed by atoms with E-state index in [1.54, 1.807) is 18.2 Å². The summed E-state index contributed by atoms with van der Waals surface area (Å²) in [6.07, 6.45) is -0.949. The molecule has 24 heavy (non-hydrogen) atoms. The van der Waals surface area contributed by atoms with Gasteiger partial charge in [0.05, 0.1) is 0 Å². The van der Waals surface area contributed by atoms with Crippen molar-refractivity contribution in [2.24, 2.45) is 0 Å². The molecule has 0 aliphatic carbocycles. The number of ether oxygens (including phenoxy) is 3. The molecule has 2 heterocycles. The highest BCUT2D eigenvalue weighted by Crippen LogP contribution is 2.32. The van der Waals surface area contributed by atoms with E-state index in [9.17, 15) is 9.59 Å². The first-order chi connectivity index (χ1) is 11.5. The van der Waals surface area contributed by atoms with Crippen molar-refractivity contribution in [1.82, 2.24) is 5.32 Å². The minimum Gasteiger partial charge on any atom is -0.454 e. The Hall–Kier alpha value is -2.48. The second-order valence-electron chi connectivity index (χ2n) is 5.06. The molecule has 1 amide bonds. The minimum atomic E-state index is -0.949. The quantitative estimate of drug-likeness (QED) is 0.782. The smallest absolute Gasteiger partial charge is 0.375 e. The van der Waals surface area contributed by atoms with Gasteiger partial charge in [-0.1, -0.05) is 6.07 Å². The van der Waals surface area contributed by atoms with E-state index < -0.39 is 18.0 Å². The summed E-state index contributed by atoms with van der Waals surface area (Å²) in [6.45, 7) is 1.97. The monoisotopic (exact) mass is 395 g/mol. The Morgan fingerprint density at radius 1 is 1.25 bits per heavy atom. The van der Waals surface area contributed by atoms with Crippen LogP contribution in [-0.4, -0.2) is 24.8 Å². The SMILES string of the molecule is C[C@@H](OC(=O)c1ccc(Br)o1)C(=O)NCc1ccc2c(c1)OCO2. The van der Waals surface area contributed by atoms with E-state index in [1.165, 1.54) is 13.0 Å². The number of amides is 1. The zero-order valence-corrected chi connectivity index (χ0v) is 14.3. The minimum absolute atomic E-state index is 0.0253. The molecule has 2 aromatic rings. The maximum absolute atomic E-state index is 12.0. The van der Waals surface area contributed by atoms with Crippen molar-refractivity contribution in [2.75, 3.05) is 6.79 Å². The number of carbonyl (C=O) groups excluding carboxylic acids is 2. The standard InChI is InChI=1S/C16H14BrNO6/c1-9(23-16(20)12-4-5-14(17)24-12)15(19)18-7-10-2-3-11-13(6-10)22-8-21-11/h2-6,9H,7-8H2,1H3,(H,18,19)/t9-/m1/s1. The third-order valence-corrected chi connectivity index (χ3v) is 3.76. The molecule has 1 aliphatic rings. The summed E-state index contributed by atoms with van der Waals surface area (Å²) in [5.74, 6) is 0.233. The predicted octanol–water partition coefficient (Wildman–Crippen LogP) is 2.63. The number of hydrogen-bond donors (Lipinski definition) is 1. The highest BCUT2D eigenvalue weighted by atomic mass is 79.9. The Bertz CT molecular complexity index is 772. The van der Waals surface area contributed by atoms with E-state index in [0.29, 0.717) is 16.2 Å². The summed E-state index contributed by atoms with van der Waals surface area (Å²) in [5, 5.41) is 2.70. The Morgan fingerprint density at radius 2 is 2.04 bits per heavy atom. The van der Waals surface area contributed by atoms with Gasteiger partial charge in [-0.3, -0.25) is 4.79 Å². The summed E-state index contributed by atoms with van der Waals surface area (Å²) in [4.78, 5) is 23.9. The Balaban J connectivity index is 1.52. The van der Waals surface area contributed by atoms with E-state index >= 15 is 0 Å². The van der Waals surface area contributed by atoms with Crippen LogP contribution in [0.2, 0.25) is 0 Å². The highest BCUT2D eigenvalue weighted by Gasteiger charge is 2.21. The van der Waals surface area contributed by atoms with Gasteiger partial charge >= 0.3 is 5.97 Å². The molecule has 7 nitrogen and oxygen atoms in total. The van der Waals surface area contributed by atoms with Gasteiger partial charge in [0.2, 0.25) is 12.6 Å². The van der Waals surface area contributed by atoms with Gasteiger partial charge in [0.25, 0.3) is 5.91 Å². The average Bonchev–Trinajstić information content (AvgIpc) is 3.20. The second-order valence-corrected chi connectivity index (χ2v) is 5.84. The van der Waals surface area contributed by atoms with Crippen molar-refractivity contribution in [3.8, 4) is 11.5 Å². The number of fused-ring (bicyclic) bond motifs is 1. The summed E-state index contributed by atoms with van der Waals surface area (Å²) in [6, 6.07) is 8.43. The zero-order valence-electron chi connectivity index (χ0n) is 12.7. The van der Waals surface area contributed by atoms with Gasteiger partial charge in [-0.15, -0.1) is 0 Å². The molecular formula is C16H14BrNO6. The van der Waals surface area contributed by atoms with Crippen LogP contribution in [0.25, 0.3) is 0 Å². The first kappa shape index (κ1) is 16.4. The van der Waals surface area contributed by atoms with E-state index in [4.69, 9.17) is 18.6 Å². The van der Waals surface area contributed by atoms with Gasteiger partial charge in [-0.2, -0.15) is 0 Å². The van der Waals surface area contributed by atoms with Crippen molar-refractivity contribution in [2.45, 2.75) is 19.6 Å². The molecule has 0 saturated heterocycles. The molecule has 126 valence electrons. The predicted molar refractivity (Wildman–Crippen MR) is 85.7 cm³/mol. The fraction of sp³-hybridized carbons (Fsp3) is 0.250.